The van der Waals surface area contributed by atoms with E-state index in [0.29, 0.717) is 6.61 Å². The molecule has 2 rings (SSSR count). The van der Waals surface area contributed by atoms with Gasteiger partial charge in [-0.2, -0.15) is 26.3 Å². The molecule has 1 heterocycles. The van der Waals surface area contributed by atoms with Gasteiger partial charge in [0.2, 0.25) is 0 Å². The van der Waals surface area contributed by atoms with Crippen molar-refractivity contribution in [3.63, 3.8) is 0 Å². The van der Waals surface area contributed by atoms with Gasteiger partial charge >= 0.3 is 17.1 Å². The van der Waals surface area contributed by atoms with Gasteiger partial charge in [0.15, 0.2) is 32.4 Å². The van der Waals surface area contributed by atoms with Gasteiger partial charge < -0.3 is 14.2 Å². The molecule has 0 aliphatic heterocycles. The van der Waals surface area contributed by atoms with E-state index in [1.165, 1.54) is 102 Å². The minimum absolute atomic E-state index is 0.347. The van der Waals surface area contributed by atoms with E-state index in [4.69, 9.17) is 4.74 Å². The molecule has 0 unspecified atom stereocenters. The summed E-state index contributed by atoms with van der Waals surface area (Å²) < 4.78 is 117. The molecule has 1 aromatic heterocycles. The molecular weight excluding hydrogens is 797 g/mol. The standard InChI is InChI=1S/C38H60N2O2.C2F6NO4S2/c1-6-7-8-9-16-19-24-34-25-23-29-40(32-34)28-20-17-14-12-10-11-13-15-18-21-30-42-37(41)39-38(4,5)36-27-22-26-35(31-36)33(2)3;3-1(4,5)14(10,11)9-15(12,13)2(6,7)8/h22-23,25-27,29,31-32H,2,6-21,24,28,30H2,1,3-5H3;/q;-1/p+1. The number of rotatable bonds is 25. The first-order chi connectivity index (χ1) is 26.5. The van der Waals surface area contributed by atoms with Crippen LogP contribution < -0.4 is 9.88 Å². The van der Waals surface area contributed by atoms with Crippen LogP contribution >= 0.6 is 0 Å². The number of hydrogen-bond donors (Lipinski definition) is 1. The van der Waals surface area contributed by atoms with Crippen LogP contribution in [0, 0.1) is 0 Å². The second-order valence-corrected chi connectivity index (χ2v) is 18.1. The SMILES string of the molecule is C=C(C)c1cccc(C(C)(C)NC(=O)OCCCCCCCCCCCC[n+]2cccc(CCCCCCCC)c2)c1.O=S(=O)([N-]S(=O)(=O)C(F)(F)F)C(F)(F)F. The zero-order chi connectivity index (χ0) is 43.2. The van der Waals surface area contributed by atoms with Gasteiger partial charge in [-0.1, -0.05) is 114 Å². The Bertz CT molecular complexity index is 1670. The number of unbranched alkanes of at least 4 members (excludes halogenated alkanes) is 14. The van der Waals surface area contributed by atoms with Crippen LogP contribution in [0.2, 0.25) is 0 Å². The molecule has 1 amide bonds. The van der Waals surface area contributed by atoms with Crippen LogP contribution in [-0.4, -0.2) is 40.6 Å². The summed E-state index contributed by atoms with van der Waals surface area (Å²) in [6, 6.07) is 12.7. The number of aromatic nitrogens is 1. The number of allylic oxidation sites excluding steroid dienone is 1. The van der Waals surface area contributed by atoms with Crippen LogP contribution in [0.4, 0.5) is 31.1 Å². The Morgan fingerprint density at radius 1 is 0.754 bits per heavy atom. The Kier molecular flexibility index (Phi) is 23.0. The Morgan fingerprint density at radius 2 is 1.26 bits per heavy atom. The molecule has 57 heavy (non-hydrogen) atoms. The van der Waals surface area contributed by atoms with Crippen molar-refractivity contribution < 1.29 is 57.3 Å². The lowest BCUT2D eigenvalue weighted by atomic mass is 9.92. The van der Waals surface area contributed by atoms with Gasteiger partial charge in [-0.3, -0.25) is 0 Å². The Hall–Kier alpha value is -3.18. The van der Waals surface area contributed by atoms with Crippen molar-refractivity contribution in [3.8, 4) is 0 Å². The first kappa shape index (κ1) is 51.8. The maximum absolute atomic E-state index is 12.4. The number of nitrogens with zero attached hydrogens (tertiary/aromatic N) is 2. The lowest BCUT2D eigenvalue weighted by molar-refractivity contribution is -0.697. The lowest BCUT2D eigenvalue weighted by Crippen LogP contribution is -2.41. The van der Waals surface area contributed by atoms with Crippen LogP contribution in [-0.2, 0) is 43.3 Å². The van der Waals surface area contributed by atoms with Gasteiger partial charge in [0.05, 0.1) is 12.1 Å². The number of carbonyl (C=O) groups excluding carboxylic acids is 1. The number of hydrogen-bond acceptors (Lipinski definition) is 6. The number of alkyl carbamates (subject to hydrolysis) is 1. The fourth-order valence-corrected chi connectivity index (χ4v) is 7.41. The number of aryl methyl sites for hydroxylation is 2. The Balaban J connectivity index is 0.000000912. The van der Waals surface area contributed by atoms with E-state index in [0.717, 1.165) is 40.2 Å². The van der Waals surface area contributed by atoms with Gasteiger partial charge in [-0.05, 0) is 69.7 Å². The van der Waals surface area contributed by atoms with Gasteiger partial charge in [0, 0.05) is 18.1 Å². The lowest BCUT2D eigenvalue weighted by Gasteiger charge is -2.27. The number of pyridine rings is 1. The second kappa shape index (κ2) is 25.3. The van der Waals surface area contributed by atoms with Crippen molar-refractivity contribution in [2.24, 2.45) is 0 Å². The molecular formula is C40H61F6N3O6S2. The van der Waals surface area contributed by atoms with Gasteiger partial charge in [0.25, 0.3) is 0 Å². The van der Waals surface area contributed by atoms with Crippen molar-refractivity contribution in [3.05, 3.63) is 76.2 Å². The number of halogens is 6. The quantitative estimate of drug-likeness (QED) is 0.0602. The maximum atomic E-state index is 12.4. The number of alkyl halides is 6. The minimum atomic E-state index is -6.72. The normalized spacial score (nSPS) is 12.5. The summed E-state index contributed by atoms with van der Waals surface area (Å²) in [5.41, 5.74) is -8.27. The monoisotopic (exact) mass is 857 g/mol. The van der Waals surface area contributed by atoms with Crippen molar-refractivity contribution in [2.75, 3.05) is 6.61 Å². The summed E-state index contributed by atoms with van der Waals surface area (Å²) in [4.78, 5) is 12.4. The van der Waals surface area contributed by atoms with E-state index >= 15 is 0 Å². The predicted octanol–water partition coefficient (Wildman–Crippen LogP) is 11.5. The summed E-state index contributed by atoms with van der Waals surface area (Å²) in [6.07, 6.45) is 26.1. The molecule has 1 aromatic carbocycles. The van der Waals surface area contributed by atoms with E-state index in [-0.39, 0.29) is 6.09 Å². The Morgan fingerprint density at radius 3 is 1.79 bits per heavy atom. The summed E-state index contributed by atoms with van der Waals surface area (Å²) >= 11 is 0. The fraction of sp³-hybridized carbons (Fsp3) is 0.650. The number of amides is 1. The summed E-state index contributed by atoms with van der Waals surface area (Å²) in [5, 5.41) is 3.01. The highest BCUT2D eigenvalue weighted by Gasteiger charge is 2.47. The summed E-state index contributed by atoms with van der Waals surface area (Å²) in [7, 11) is -13.4. The number of carbonyl (C=O) groups is 1. The number of benzene rings is 1. The van der Waals surface area contributed by atoms with Gasteiger partial charge in [-0.25, -0.2) is 26.2 Å². The first-order valence-electron chi connectivity index (χ1n) is 19.6. The number of nitrogens with one attached hydrogen (secondary N) is 1. The first-order valence-corrected chi connectivity index (χ1v) is 22.5. The highest BCUT2D eigenvalue weighted by molar-refractivity contribution is 8.13. The molecule has 9 nitrogen and oxygen atoms in total. The van der Waals surface area contributed by atoms with Crippen LogP contribution in [0.25, 0.3) is 9.70 Å². The summed E-state index contributed by atoms with van der Waals surface area (Å²) in [6.45, 7) is 13.9. The average Bonchev–Trinajstić information content (AvgIpc) is 3.10. The van der Waals surface area contributed by atoms with Crippen molar-refractivity contribution in [2.45, 2.75) is 160 Å². The second-order valence-electron chi connectivity index (χ2n) is 14.7. The molecule has 0 saturated carbocycles. The summed E-state index contributed by atoms with van der Waals surface area (Å²) in [5.74, 6) is 0. The zero-order valence-corrected chi connectivity index (χ0v) is 35.3. The molecule has 0 radical (unpaired) electrons. The Labute approximate surface area is 336 Å². The van der Waals surface area contributed by atoms with E-state index < -0.39 is 36.6 Å². The zero-order valence-electron chi connectivity index (χ0n) is 33.7. The fourth-order valence-electron chi connectivity index (χ4n) is 5.70. The molecule has 326 valence electrons. The van der Waals surface area contributed by atoms with E-state index in [2.05, 4.69) is 54.0 Å². The largest absolute Gasteiger partial charge is 0.480 e. The van der Waals surface area contributed by atoms with Crippen LogP contribution in [0.1, 0.15) is 147 Å². The van der Waals surface area contributed by atoms with Crippen LogP contribution in [0.15, 0.2) is 55.4 Å². The van der Waals surface area contributed by atoms with E-state index in [1.54, 1.807) is 0 Å². The third-order valence-corrected chi connectivity index (χ3v) is 11.8. The van der Waals surface area contributed by atoms with Crippen LogP contribution in [0.3, 0.4) is 0 Å². The molecule has 0 atom stereocenters. The molecule has 17 heteroatoms. The molecule has 0 spiro atoms. The highest BCUT2D eigenvalue weighted by Crippen LogP contribution is 2.36. The van der Waals surface area contributed by atoms with Gasteiger partial charge in [0.1, 0.15) is 6.54 Å². The minimum Gasteiger partial charge on any atom is -0.450 e. The van der Waals surface area contributed by atoms with E-state index in [9.17, 15) is 48.0 Å². The van der Waals surface area contributed by atoms with E-state index in [1.807, 2.05) is 39.0 Å². The topological polar surface area (TPSA) is 125 Å². The third-order valence-electron chi connectivity index (χ3n) is 9.06. The van der Waals surface area contributed by atoms with Crippen LogP contribution in [0.5, 0.6) is 0 Å². The molecule has 1 N–H and O–H groups in total. The van der Waals surface area contributed by atoms with Crippen molar-refractivity contribution >= 4 is 31.7 Å². The maximum Gasteiger partial charge on any atom is 0.480 e. The van der Waals surface area contributed by atoms with Crippen molar-refractivity contribution in [1.29, 1.82) is 0 Å². The molecule has 0 fully saturated rings. The molecule has 0 bridgehead atoms. The smallest absolute Gasteiger partial charge is 0.450 e. The third kappa shape index (κ3) is 21.4. The molecule has 0 aliphatic rings. The van der Waals surface area contributed by atoms with Gasteiger partial charge in [-0.15, -0.1) is 0 Å². The molecule has 0 aliphatic carbocycles. The molecule has 0 saturated heterocycles. The molecule has 2 aromatic rings. The van der Waals surface area contributed by atoms with Crippen molar-refractivity contribution in [1.82, 2.24) is 5.32 Å². The number of ether oxygens (including phenoxy) is 1. The number of sulfonamides is 2. The highest BCUT2D eigenvalue weighted by atomic mass is 32.3. The predicted molar refractivity (Wildman–Crippen MR) is 212 cm³/mol. The average molecular weight is 858 g/mol.